The Hall–Kier alpha value is -1.59. The number of aliphatic carboxylic acids is 1. The number of carboxylic acids is 1. The van der Waals surface area contributed by atoms with E-state index in [0.29, 0.717) is 45.3 Å². The molecule has 0 radical (unpaired) electrons. The van der Waals surface area contributed by atoms with Crippen molar-refractivity contribution in [2.75, 3.05) is 19.6 Å². The quantitative estimate of drug-likeness (QED) is 0.712. The van der Waals surface area contributed by atoms with Crippen molar-refractivity contribution in [2.24, 2.45) is 5.92 Å². The zero-order chi connectivity index (χ0) is 13.5. The number of likely N-dealkylation sites (tertiary alicyclic amines) is 1. The third-order valence-corrected chi connectivity index (χ3v) is 3.06. The molecule has 0 saturated carbocycles. The van der Waals surface area contributed by atoms with Gasteiger partial charge in [0.2, 0.25) is 11.8 Å². The number of amides is 2. The Morgan fingerprint density at radius 3 is 2.61 bits per heavy atom. The van der Waals surface area contributed by atoms with Crippen LogP contribution in [0.2, 0.25) is 0 Å². The summed E-state index contributed by atoms with van der Waals surface area (Å²) >= 11 is 0. The Kier molecular flexibility index (Phi) is 5.61. The molecule has 0 aromatic carbocycles. The van der Waals surface area contributed by atoms with Gasteiger partial charge in [-0.3, -0.25) is 14.4 Å². The minimum absolute atomic E-state index is 0.0462. The van der Waals surface area contributed by atoms with Crippen LogP contribution in [0.1, 0.15) is 32.6 Å². The van der Waals surface area contributed by atoms with Crippen molar-refractivity contribution in [1.29, 1.82) is 0 Å². The Labute approximate surface area is 106 Å². The van der Waals surface area contributed by atoms with Crippen molar-refractivity contribution >= 4 is 17.8 Å². The van der Waals surface area contributed by atoms with E-state index in [2.05, 4.69) is 5.32 Å². The molecular formula is C12H20N2O4. The van der Waals surface area contributed by atoms with Crippen molar-refractivity contribution in [3.05, 3.63) is 0 Å². The third kappa shape index (κ3) is 4.35. The van der Waals surface area contributed by atoms with Crippen molar-refractivity contribution in [2.45, 2.75) is 32.6 Å². The van der Waals surface area contributed by atoms with E-state index in [-0.39, 0.29) is 11.8 Å². The number of rotatable bonds is 6. The van der Waals surface area contributed by atoms with Gasteiger partial charge >= 0.3 is 5.97 Å². The molecule has 18 heavy (non-hydrogen) atoms. The van der Waals surface area contributed by atoms with Crippen molar-refractivity contribution in [3.63, 3.8) is 0 Å². The summed E-state index contributed by atoms with van der Waals surface area (Å²) in [5.41, 5.74) is 0. The summed E-state index contributed by atoms with van der Waals surface area (Å²) < 4.78 is 0. The second-order valence-corrected chi connectivity index (χ2v) is 4.47. The first-order valence-corrected chi connectivity index (χ1v) is 6.31. The molecule has 0 aromatic rings. The van der Waals surface area contributed by atoms with Crippen LogP contribution < -0.4 is 5.32 Å². The molecule has 6 heteroatoms. The molecule has 1 aliphatic heterocycles. The summed E-state index contributed by atoms with van der Waals surface area (Å²) in [5.74, 6) is -1.37. The van der Waals surface area contributed by atoms with Crippen LogP contribution in [0.4, 0.5) is 0 Å². The fourth-order valence-corrected chi connectivity index (χ4v) is 2.03. The van der Waals surface area contributed by atoms with Crippen LogP contribution in [0.5, 0.6) is 0 Å². The molecule has 1 unspecified atom stereocenters. The molecule has 1 fully saturated rings. The summed E-state index contributed by atoms with van der Waals surface area (Å²) in [7, 11) is 0. The lowest BCUT2D eigenvalue weighted by Crippen LogP contribution is -2.30. The lowest BCUT2D eigenvalue weighted by atomic mass is 10.1. The average Bonchev–Trinajstić information content (AvgIpc) is 2.78. The summed E-state index contributed by atoms with van der Waals surface area (Å²) in [4.78, 5) is 35.3. The van der Waals surface area contributed by atoms with E-state index in [1.807, 2.05) is 6.92 Å². The number of nitrogens with one attached hydrogen (secondary N) is 1. The van der Waals surface area contributed by atoms with Gasteiger partial charge in [-0.2, -0.15) is 0 Å². The topological polar surface area (TPSA) is 86.7 Å². The second kappa shape index (κ2) is 6.98. The Morgan fingerprint density at radius 2 is 2.06 bits per heavy atom. The predicted molar refractivity (Wildman–Crippen MR) is 64.9 cm³/mol. The van der Waals surface area contributed by atoms with Crippen molar-refractivity contribution in [3.8, 4) is 0 Å². The smallest absolute Gasteiger partial charge is 0.308 e. The first-order chi connectivity index (χ1) is 8.54. The summed E-state index contributed by atoms with van der Waals surface area (Å²) in [5, 5.41) is 11.5. The van der Waals surface area contributed by atoms with Gasteiger partial charge < -0.3 is 15.3 Å². The maximum atomic E-state index is 11.8. The van der Waals surface area contributed by atoms with E-state index in [1.54, 1.807) is 4.90 Å². The highest BCUT2D eigenvalue weighted by Gasteiger charge is 2.30. The summed E-state index contributed by atoms with van der Waals surface area (Å²) in [6.45, 7) is 3.25. The van der Waals surface area contributed by atoms with Gasteiger partial charge in [0.1, 0.15) is 0 Å². The molecule has 1 heterocycles. The first-order valence-electron chi connectivity index (χ1n) is 6.31. The summed E-state index contributed by atoms with van der Waals surface area (Å²) in [6, 6.07) is 0. The highest BCUT2D eigenvalue weighted by Crippen LogP contribution is 2.17. The van der Waals surface area contributed by atoms with Crippen LogP contribution in [0.15, 0.2) is 0 Å². The number of carbonyl (C=O) groups excluding carboxylic acids is 2. The number of carboxylic acid groups (broad SMARTS) is 1. The molecule has 6 nitrogen and oxygen atoms in total. The van der Waals surface area contributed by atoms with Gasteiger partial charge in [0, 0.05) is 32.5 Å². The highest BCUT2D eigenvalue weighted by molar-refractivity contribution is 5.80. The zero-order valence-electron chi connectivity index (χ0n) is 10.6. The molecule has 1 saturated heterocycles. The van der Waals surface area contributed by atoms with E-state index >= 15 is 0 Å². The molecule has 0 bridgehead atoms. The van der Waals surface area contributed by atoms with Crippen molar-refractivity contribution < 1.29 is 19.5 Å². The van der Waals surface area contributed by atoms with E-state index < -0.39 is 11.9 Å². The molecule has 2 N–H and O–H groups in total. The molecule has 0 spiro atoms. The fraction of sp³-hybridized carbons (Fsp3) is 0.750. The third-order valence-electron chi connectivity index (χ3n) is 3.06. The van der Waals surface area contributed by atoms with Crippen LogP contribution in [0.3, 0.4) is 0 Å². The number of carbonyl (C=O) groups is 3. The summed E-state index contributed by atoms with van der Waals surface area (Å²) in [6.07, 6.45) is 1.69. The average molecular weight is 256 g/mol. The Balaban J connectivity index is 2.22. The van der Waals surface area contributed by atoms with E-state index in [1.165, 1.54) is 0 Å². The number of nitrogens with zero attached hydrogens (tertiary/aromatic N) is 1. The molecule has 1 atom stereocenters. The molecule has 102 valence electrons. The second-order valence-electron chi connectivity index (χ2n) is 4.47. The number of hydrogen-bond acceptors (Lipinski definition) is 3. The molecule has 0 aromatic heterocycles. The predicted octanol–water partition coefficient (Wildman–Crippen LogP) is 0.226. The monoisotopic (exact) mass is 256 g/mol. The normalized spacial score (nSPS) is 18.7. The van der Waals surface area contributed by atoms with Gasteiger partial charge in [-0.25, -0.2) is 0 Å². The van der Waals surface area contributed by atoms with Crippen LogP contribution in [0, 0.1) is 5.92 Å². The van der Waals surface area contributed by atoms with Gasteiger partial charge in [-0.15, -0.1) is 0 Å². The van der Waals surface area contributed by atoms with Crippen LogP contribution in [-0.2, 0) is 14.4 Å². The lowest BCUT2D eigenvalue weighted by Gasteiger charge is -2.15. The molecule has 1 aliphatic rings. The lowest BCUT2D eigenvalue weighted by molar-refractivity contribution is -0.141. The van der Waals surface area contributed by atoms with Crippen LogP contribution in [0.25, 0.3) is 0 Å². The Morgan fingerprint density at radius 1 is 1.33 bits per heavy atom. The van der Waals surface area contributed by atoms with Gasteiger partial charge in [0.05, 0.1) is 5.92 Å². The van der Waals surface area contributed by atoms with Crippen molar-refractivity contribution in [1.82, 2.24) is 10.2 Å². The SMILES string of the molecule is CCNC(=O)CCCC(=O)N1CCC(C(=O)O)C1. The highest BCUT2D eigenvalue weighted by atomic mass is 16.4. The molecule has 1 rings (SSSR count). The molecule has 2 amide bonds. The van der Waals surface area contributed by atoms with Crippen LogP contribution >= 0.6 is 0 Å². The maximum absolute atomic E-state index is 11.8. The largest absolute Gasteiger partial charge is 0.481 e. The van der Waals surface area contributed by atoms with E-state index in [0.717, 1.165) is 0 Å². The minimum atomic E-state index is -0.840. The van der Waals surface area contributed by atoms with E-state index in [4.69, 9.17) is 5.11 Å². The van der Waals surface area contributed by atoms with Gasteiger partial charge in [0.15, 0.2) is 0 Å². The maximum Gasteiger partial charge on any atom is 0.308 e. The first kappa shape index (κ1) is 14.5. The Bertz CT molecular complexity index is 330. The standard InChI is InChI=1S/C12H20N2O4/c1-2-13-10(15)4-3-5-11(16)14-7-6-9(8-14)12(17)18/h9H,2-8H2,1H3,(H,13,15)(H,17,18). The van der Waals surface area contributed by atoms with Gasteiger partial charge in [-0.05, 0) is 19.8 Å². The number of hydrogen-bond donors (Lipinski definition) is 2. The van der Waals surface area contributed by atoms with Gasteiger partial charge in [-0.1, -0.05) is 0 Å². The fourth-order valence-electron chi connectivity index (χ4n) is 2.03. The van der Waals surface area contributed by atoms with Crippen LogP contribution in [-0.4, -0.2) is 47.4 Å². The minimum Gasteiger partial charge on any atom is -0.481 e. The van der Waals surface area contributed by atoms with E-state index in [9.17, 15) is 14.4 Å². The van der Waals surface area contributed by atoms with Gasteiger partial charge in [0.25, 0.3) is 0 Å². The molecular weight excluding hydrogens is 236 g/mol. The zero-order valence-corrected chi connectivity index (χ0v) is 10.6. The molecule has 0 aliphatic carbocycles.